The van der Waals surface area contributed by atoms with Crippen LogP contribution in [-0.2, 0) is 6.54 Å². The Hall–Kier alpha value is -1.87. The molecule has 3 N–H and O–H groups in total. The normalized spacial score (nSPS) is 9.43. The van der Waals surface area contributed by atoms with Gasteiger partial charge in [0.25, 0.3) is 5.91 Å². The van der Waals surface area contributed by atoms with Crippen LogP contribution in [0.5, 0.6) is 0 Å². The van der Waals surface area contributed by atoms with Gasteiger partial charge in [0.1, 0.15) is 12.2 Å². The number of carbonyl (C=O) groups is 1. The Balaban J connectivity index is 2.58. The second-order valence-corrected chi connectivity index (χ2v) is 2.63. The number of nitriles is 1. The number of hydrogen-bond acceptors (Lipinski definition) is 4. The lowest BCUT2D eigenvalue weighted by Crippen LogP contribution is -2.23. The van der Waals surface area contributed by atoms with Crippen molar-refractivity contribution in [3.05, 3.63) is 18.2 Å². The van der Waals surface area contributed by atoms with Crippen molar-refractivity contribution in [3.63, 3.8) is 0 Å². The number of rotatable bonds is 4. The van der Waals surface area contributed by atoms with Gasteiger partial charge in [-0.15, -0.1) is 0 Å². The summed E-state index contributed by atoms with van der Waals surface area (Å²) < 4.78 is 1.72. The second kappa shape index (κ2) is 4.99. The minimum atomic E-state index is -0.345. The largest absolute Gasteiger partial charge is 0.338 e. The third-order valence-corrected chi connectivity index (χ3v) is 1.58. The van der Waals surface area contributed by atoms with Crippen molar-refractivity contribution >= 4 is 5.91 Å². The highest BCUT2D eigenvalue weighted by Gasteiger charge is 2.07. The molecule has 0 aliphatic heterocycles. The van der Waals surface area contributed by atoms with Crippen molar-refractivity contribution in [2.24, 2.45) is 5.73 Å². The summed E-state index contributed by atoms with van der Waals surface area (Å²) in [7, 11) is 0. The molecule has 0 unspecified atom stereocenters. The minimum absolute atomic E-state index is 0.0113. The first-order valence-electron chi connectivity index (χ1n) is 4.15. The van der Waals surface area contributed by atoms with Crippen molar-refractivity contribution in [1.29, 1.82) is 5.26 Å². The Bertz CT molecular complexity index is 351. The van der Waals surface area contributed by atoms with Crippen molar-refractivity contribution in [3.8, 4) is 6.07 Å². The Morgan fingerprint density at radius 3 is 3.21 bits per heavy atom. The average Bonchev–Trinajstić information content (AvgIpc) is 2.63. The van der Waals surface area contributed by atoms with Gasteiger partial charge in [-0.25, -0.2) is 4.98 Å². The van der Waals surface area contributed by atoms with Gasteiger partial charge in [0, 0.05) is 19.3 Å². The number of hydrogen-bond donors (Lipinski definition) is 2. The molecule has 0 spiro atoms. The van der Waals surface area contributed by atoms with Crippen molar-refractivity contribution in [1.82, 2.24) is 14.9 Å². The zero-order valence-electron chi connectivity index (χ0n) is 7.60. The van der Waals surface area contributed by atoms with Crippen molar-refractivity contribution < 1.29 is 4.79 Å². The highest BCUT2D eigenvalue weighted by molar-refractivity contribution is 5.92. The van der Waals surface area contributed by atoms with Gasteiger partial charge >= 0.3 is 0 Å². The maximum absolute atomic E-state index is 11.3. The molecule has 1 amide bonds. The fraction of sp³-hybridized carbons (Fsp3) is 0.375. The van der Waals surface area contributed by atoms with Gasteiger partial charge < -0.3 is 15.6 Å². The van der Waals surface area contributed by atoms with E-state index >= 15 is 0 Å². The van der Waals surface area contributed by atoms with Crippen LogP contribution in [0.3, 0.4) is 0 Å². The zero-order chi connectivity index (χ0) is 10.4. The van der Waals surface area contributed by atoms with Gasteiger partial charge in [-0.1, -0.05) is 0 Å². The van der Waals surface area contributed by atoms with E-state index in [1.807, 2.05) is 6.07 Å². The lowest BCUT2D eigenvalue weighted by Gasteiger charge is -1.96. The molecule has 0 aliphatic rings. The molecule has 6 nitrogen and oxygen atoms in total. The van der Waals surface area contributed by atoms with Crippen molar-refractivity contribution in [2.75, 3.05) is 13.1 Å². The first kappa shape index (κ1) is 10.2. The standard InChI is InChI=1S/C8H11N5O/c9-1-3-11-8(14)7-5-13(4-2-10)6-12-7/h5-6H,2-4,10H2,(H,11,14). The van der Waals surface area contributed by atoms with Crippen LogP contribution in [0, 0.1) is 11.3 Å². The van der Waals surface area contributed by atoms with Crippen LogP contribution in [-0.4, -0.2) is 28.5 Å². The number of aromatic nitrogens is 2. The van der Waals surface area contributed by atoms with Crippen LogP contribution in [0.4, 0.5) is 0 Å². The SMILES string of the molecule is N#CCNC(=O)c1cn(CCN)cn1. The number of nitrogens with one attached hydrogen (secondary N) is 1. The summed E-state index contributed by atoms with van der Waals surface area (Å²) in [5.41, 5.74) is 5.63. The smallest absolute Gasteiger partial charge is 0.272 e. The maximum Gasteiger partial charge on any atom is 0.272 e. The van der Waals surface area contributed by atoms with Gasteiger partial charge in [-0.05, 0) is 0 Å². The van der Waals surface area contributed by atoms with Gasteiger partial charge in [-0.3, -0.25) is 4.79 Å². The summed E-state index contributed by atoms with van der Waals surface area (Å²) in [6.07, 6.45) is 3.13. The third-order valence-electron chi connectivity index (χ3n) is 1.58. The van der Waals surface area contributed by atoms with Crippen molar-refractivity contribution in [2.45, 2.75) is 6.54 Å². The molecule has 1 rings (SSSR count). The fourth-order valence-corrected chi connectivity index (χ4v) is 0.959. The fourth-order valence-electron chi connectivity index (χ4n) is 0.959. The average molecular weight is 193 g/mol. The number of carbonyl (C=O) groups excluding carboxylic acids is 1. The van der Waals surface area contributed by atoms with Crippen LogP contribution in [0.1, 0.15) is 10.5 Å². The van der Waals surface area contributed by atoms with Gasteiger partial charge in [0.2, 0.25) is 0 Å². The molecule has 0 fully saturated rings. The predicted octanol–water partition coefficient (Wildman–Crippen LogP) is -0.905. The first-order chi connectivity index (χ1) is 6.77. The Morgan fingerprint density at radius 1 is 1.79 bits per heavy atom. The summed E-state index contributed by atoms with van der Waals surface area (Å²) >= 11 is 0. The van der Waals surface area contributed by atoms with E-state index < -0.39 is 0 Å². The van der Waals surface area contributed by atoms with Gasteiger partial charge in [0.15, 0.2) is 0 Å². The van der Waals surface area contributed by atoms with E-state index in [0.29, 0.717) is 18.8 Å². The molecule has 0 radical (unpaired) electrons. The highest BCUT2D eigenvalue weighted by Crippen LogP contribution is 1.95. The van der Waals surface area contributed by atoms with E-state index in [4.69, 9.17) is 11.0 Å². The Morgan fingerprint density at radius 2 is 2.57 bits per heavy atom. The van der Waals surface area contributed by atoms with Crippen LogP contribution < -0.4 is 11.1 Å². The molecule has 6 heteroatoms. The number of imidazole rings is 1. The van der Waals surface area contributed by atoms with Crippen LogP contribution >= 0.6 is 0 Å². The summed E-state index contributed by atoms with van der Waals surface area (Å²) in [6.45, 7) is 1.11. The van der Waals surface area contributed by atoms with E-state index in [-0.39, 0.29) is 12.5 Å². The summed E-state index contributed by atoms with van der Waals surface area (Å²) in [6, 6.07) is 1.81. The van der Waals surface area contributed by atoms with Crippen LogP contribution in [0.2, 0.25) is 0 Å². The Kier molecular flexibility index (Phi) is 3.64. The van der Waals surface area contributed by atoms with E-state index in [1.54, 1.807) is 10.8 Å². The molecular formula is C8H11N5O. The molecule has 1 aromatic heterocycles. The lowest BCUT2D eigenvalue weighted by molar-refractivity contribution is 0.0954. The minimum Gasteiger partial charge on any atom is -0.338 e. The molecule has 0 atom stereocenters. The topological polar surface area (TPSA) is 96.7 Å². The first-order valence-corrected chi connectivity index (χ1v) is 4.15. The van der Waals surface area contributed by atoms with E-state index in [0.717, 1.165) is 0 Å². The quantitative estimate of drug-likeness (QED) is 0.605. The summed E-state index contributed by atoms with van der Waals surface area (Å²) in [4.78, 5) is 15.1. The zero-order valence-corrected chi connectivity index (χ0v) is 7.60. The summed E-state index contributed by atoms with van der Waals surface area (Å²) in [5, 5.41) is 10.6. The van der Waals surface area contributed by atoms with Gasteiger partial charge in [-0.2, -0.15) is 5.26 Å². The number of amides is 1. The Labute approximate surface area is 81.3 Å². The molecule has 0 aliphatic carbocycles. The molecule has 0 aromatic carbocycles. The predicted molar refractivity (Wildman–Crippen MR) is 49.2 cm³/mol. The molecule has 1 aromatic rings. The number of nitrogens with two attached hydrogens (primary N) is 1. The van der Waals surface area contributed by atoms with E-state index in [1.165, 1.54) is 6.33 Å². The molecule has 0 saturated heterocycles. The summed E-state index contributed by atoms with van der Waals surface area (Å²) in [5.74, 6) is -0.345. The number of nitrogens with zero attached hydrogens (tertiary/aromatic N) is 3. The van der Waals surface area contributed by atoms with Gasteiger partial charge in [0.05, 0.1) is 12.4 Å². The monoisotopic (exact) mass is 193 g/mol. The van der Waals surface area contributed by atoms with E-state index in [2.05, 4.69) is 10.3 Å². The maximum atomic E-state index is 11.3. The van der Waals surface area contributed by atoms with E-state index in [9.17, 15) is 4.79 Å². The highest BCUT2D eigenvalue weighted by atomic mass is 16.1. The molecule has 1 heterocycles. The molecule has 0 bridgehead atoms. The van der Waals surface area contributed by atoms with Crippen LogP contribution in [0.25, 0.3) is 0 Å². The molecule has 0 saturated carbocycles. The molecular weight excluding hydrogens is 182 g/mol. The second-order valence-electron chi connectivity index (χ2n) is 2.63. The molecule has 14 heavy (non-hydrogen) atoms. The lowest BCUT2D eigenvalue weighted by atomic mass is 10.4. The third kappa shape index (κ3) is 2.57. The van der Waals surface area contributed by atoms with Crippen LogP contribution in [0.15, 0.2) is 12.5 Å². The molecule has 74 valence electrons.